The van der Waals surface area contributed by atoms with Crippen molar-refractivity contribution in [1.29, 1.82) is 0 Å². The van der Waals surface area contributed by atoms with Crippen LogP contribution in [-0.2, 0) is 12.8 Å². The molecule has 0 amide bonds. The van der Waals surface area contributed by atoms with Crippen molar-refractivity contribution in [3.8, 4) is 44.6 Å². The maximum atomic E-state index is 4.94. The van der Waals surface area contributed by atoms with Gasteiger partial charge in [-0.1, -0.05) is 91.0 Å². The number of benzene rings is 4. The summed E-state index contributed by atoms with van der Waals surface area (Å²) < 4.78 is 0. The summed E-state index contributed by atoms with van der Waals surface area (Å²) in [7, 11) is 0. The van der Waals surface area contributed by atoms with Crippen LogP contribution in [0.4, 0.5) is 0 Å². The van der Waals surface area contributed by atoms with E-state index >= 15 is 0 Å². The van der Waals surface area contributed by atoms with Gasteiger partial charge in [-0.05, 0) is 69.0 Å². The molecule has 0 aliphatic heterocycles. The summed E-state index contributed by atoms with van der Waals surface area (Å²) >= 11 is 0. The van der Waals surface area contributed by atoms with E-state index in [4.69, 9.17) is 4.98 Å². The Morgan fingerprint density at radius 3 is 1.59 bits per heavy atom. The van der Waals surface area contributed by atoms with E-state index in [-0.39, 0.29) is 0 Å². The van der Waals surface area contributed by atoms with Crippen LogP contribution >= 0.6 is 0 Å². The Kier molecular flexibility index (Phi) is 3.74. The molecule has 7 rings (SSSR count). The molecule has 0 saturated heterocycles. The first-order chi connectivity index (χ1) is 15.9. The summed E-state index contributed by atoms with van der Waals surface area (Å²) in [5.74, 6) is 0. The van der Waals surface area contributed by atoms with Crippen molar-refractivity contribution < 1.29 is 0 Å². The predicted molar refractivity (Wildman–Crippen MR) is 132 cm³/mol. The summed E-state index contributed by atoms with van der Waals surface area (Å²) in [6.07, 6.45) is 4.03. The van der Waals surface area contributed by atoms with Gasteiger partial charge in [0.15, 0.2) is 0 Å². The minimum absolute atomic E-state index is 0.982. The van der Waals surface area contributed by atoms with Crippen LogP contribution in [0.2, 0.25) is 0 Å². The number of rotatable bonds is 2. The van der Waals surface area contributed by atoms with Gasteiger partial charge >= 0.3 is 0 Å². The zero-order valence-corrected chi connectivity index (χ0v) is 17.7. The smallest absolute Gasteiger partial charge is 0.0705 e. The van der Waals surface area contributed by atoms with Gasteiger partial charge in [-0.25, -0.2) is 0 Å². The van der Waals surface area contributed by atoms with E-state index in [2.05, 4.69) is 103 Å². The topological polar surface area (TPSA) is 12.9 Å². The van der Waals surface area contributed by atoms with Gasteiger partial charge in [-0.2, -0.15) is 0 Å². The predicted octanol–water partition coefficient (Wildman–Crippen LogP) is 7.56. The van der Waals surface area contributed by atoms with Crippen LogP contribution in [-0.4, -0.2) is 4.98 Å². The number of hydrogen-bond acceptors (Lipinski definition) is 1. The highest BCUT2D eigenvalue weighted by molar-refractivity contribution is 5.86. The lowest BCUT2D eigenvalue weighted by Crippen LogP contribution is -1.92. The molecule has 5 aromatic rings. The van der Waals surface area contributed by atoms with Crippen molar-refractivity contribution in [2.24, 2.45) is 0 Å². The van der Waals surface area contributed by atoms with Crippen LogP contribution in [0, 0.1) is 0 Å². The zero-order chi connectivity index (χ0) is 21.1. The highest BCUT2D eigenvalue weighted by atomic mass is 14.7. The lowest BCUT2D eigenvalue weighted by Gasteiger charge is -2.11. The second kappa shape index (κ2) is 6.77. The Morgan fingerprint density at radius 1 is 0.438 bits per heavy atom. The Hall–Kier alpha value is -3.97. The minimum atomic E-state index is 0.982. The molecule has 1 heterocycles. The van der Waals surface area contributed by atoms with Gasteiger partial charge in [0.25, 0.3) is 0 Å². The van der Waals surface area contributed by atoms with E-state index in [1.54, 1.807) is 0 Å². The Morgan fingerprint density at radius 2 is 0.969 bits per heavy atom. The maximum absolute atomic E-state index is 4.94. The first-order valence-electron chi connectivity index (χ1n) is 11.2. The Bertz CT molecular complexity index is 1390. The summed E-state index contributed by atoms with van der Waals surface area (Å²) in [5, 5.41) is 0. The number of hydrogen-bond donors (Lipinski definition) is 0. The molecule has 0 bridgehead atoms. The third kappa shape index (κ3) is 2.55. The third-order valence-corrected chi connectivity index (χ3v) is 7.05. The lowest BCUT2D eigenvalue weighted by atomic mass is 9.95. The first-order valence-corrected chi connectivity index (χ1v) is 11.2. The molecule has 0 radical (unpaired) electrons. The van der Waals surface area contributed by atoms with Crippen molar-refractivity contribution in [3.63, 3.8) is 0 Å². The van der Waals surface area contributed by atoms with Crippen molar-refractivity contribution in [1.82, 2.24) is 4.98 Å². The Balaban J connectivity index is 1.29. The maximum Gasteiger partial charge on any atom is 0.0705 e. The SMILES string of the molecule is c1ccc2c(c1)Cc1c(-c3ccc(-c4cccc5c4Cc4ccccc4-5)nc3)cccc1-2. The van der Waals surface area contributed by atoms with Crippen molar-refractivity contribution >= 4 is 0 Å². The molecule has 0 saturated carbocycles. The molecule has 1 heteroatoms. The van der Waals surface area contributed by atoms with Gasteiger partial charge in [0, 0.05) is 17.3 Å². The fourth-order valence-electron chi connectivity index (χ4n) is 5.54. The molecule has 1 nitrogen and oxygen atoms in total. The molecule has 0 atom stereocenters. The highest BCUT2D eigenvalue weighted by Crippen LogP contribution is 2.43. The molecular weight excluding hydrogens is 386 g/mol. The molecule has 0 unspecified atom stereocenters. The minimum Gasteiger partial charge on any atom is -0.256 e. The second-order valence-corrected chi connectivity index (χ2v) is 8.76. The summed E-state index contributed by atoms with van der Waals surface area (Å²) in [4.78, 5) is 4.94. The lowest BCUT2D eigenvalue weighted by molar-refractivity contribution is 1.23. The monoisotopic (exact) mass is 407 g/mol. The summed E-state index contributed by atoms with van der Waals surface area (Å²) in [5.41, 5.74) is 15.9. The van der Waals surface area contributed by atoms with Crippen molar-refractivity contribution in [2.45, 2.75) is 12.8 Å². The molecule has 4 aromatic carbocycles. The number of fused-ring (bicyclic) bond motifs is 6. The molecule has 0 N–H and O–H groups in total. The average Bonchev–Trinajstić information content (AvgIpc) is 3.42. The van der Waals surface area contributed by atoms with Crippen LogP contribution in [0.25, 0.3) is 44.6 Å². The van der Waals surface area contributed by atoms with E-state index in [0.717, 1.165) is 18.5 Å². The standard InChI is InChI=1S/C31H21N/c1-3-9-23-20(7-1)17-29-25(11-5-12-26(23)29)22-15-16-31(32-19-22)28-14-6-13-27-24-10-4-2-8-21(24)18-30(27)28/h1-16,19H,17-18H2. The van der Waals surface area contributed by atoms with Crippen LogP contribution in [0.3, 0.4) is 0 Å². The van der Waals surface area contributed by atoms with Crippen molar-refractivity contribution in [2.75, 3.05) is 0 Å². The fourth-order valence-corrected chi connectivity index (χ4v) is 5.54. The molecule has 2 aliphatic carbocycles. The van der Waals surface area contributed by atoms with E-state index in [1.807, 2.05) is 0 Å². The van der Waals surface area contributed by atoms with E-state index < -0.39 is 0 Å². The molecule has 0 fully saturated rings. The molecule has 2 aliphatic rings. The number of aromatic nitrogens is 1. The molecule has 32 heavy (non-hydrogen) atoms. The van der Waals surface area contributed by atoms with Gasteiger partial charge in [-0.15, -0.1) is 0 Å². The summed E-state index contributed by atoms with van der Waals surface area (Å²) in [6, 6.07) is 35.2. The van der Waals surface area contributed by atoms with Crippen LogP contribution in [0.15, 0.2) is 103 Å². The average molecular weight is 408 g/mol. The first kappa shape index (κ1) is 17.7. The normalized spacial score (nSPS) is 12.8. The molecule has 0 spiro atoms. The van der Waals surface area contributed by atoms with Gasteiger partial charge in [0.2, 0.25) is 0 Å². The fraction of sp³-hybridized carbons (Fsp3) is 0.0645. The summed E-state index contributed by atoms with van der Waals surface area (Å²) in [6.45, 7) is 0. The van der Waals surface area contributed by atoms with Crippen LogP contribution in [0.5, 0.6) is 0 Å². The zero-order valence-electron chi connectivity index (χ0n) is 17.7. The van der Waals surface area contributed by atoms with Gasteiger partial charge in [-0.3, -0.25) is 4.98 Å². The van der Waals surface area contributed by atoms with E-state index in [9.17, 15) is 0 Å². The molecule has 1 aromatic heterocycles. The largest absolute Gasteiger partial charge is 0.256 e. The van der Waals surface area contributed by atoms with Gasteiger partial charge in [0.1, 0.15) is 0 Å². The number of pyridine rings is 1. The Labute approximate surface area is 188 Å². The van der Waals surface area contributed by atoms with E-state index in [0.29, 0.717) is 0 Å². The van der Waals surface area contributed by atoms with Gasteiger partial charge < -0.3 is 0 Å². The van der Waals surface area contributed by atoms with Gasteiger partial charge in [0.05, 0.1) is 5.69 Å². The second-order valence-electron chi connectivity index (χ2n) is 8.76. The van der Waals surface area contributed by atoms with Crippen molar-refractivity contribution in [3.05, 3.63) is 126 Å². The van der Waals surface area contributed by atoms with Crippen LogP contribution in [0.1, 0.15) is 22.3 Å². The van der Waals surface area contributed by atoms with E-state index in [1.165, 1.54) is 61.2 Å². The molecule has 150 valence electrons. The third-order valence-electron chi connectivity index (χ3n) is 7.05. The van der Waals surface area contributed by atoms with Crippen LogP contribution < -0.4 is 0 Å². The quantitative estimate of drug-likeness (QED) is 0.288. The highest BCUT2D eigenvalue weighted by Gasteiger charge is 2.23. The molecular formula is C31H21N. The number of nitrogens with zero attached hydrogens (tertiary/aromatic N) is 1.